The van der Waals surface area contributed by atoms with Crippen molar-refractivity contribution in [3.05, 3.63) is 10.4 Å². The van der Waals surface area contributed by atoms with Crippen molar-refractivity contribution < 1.29 is 10.2 Å². The van der Waals surface area contributed by atoms with E-state index in [1.165, 1.54) is 6.92 Å². The van der Waals surface area contributed by atoms with E-state index in [0.29, 0.717) is 0 Å². The second-order valence-corrected chi connectivity index (χ2v) is 3.79. The number of H-pyrrole nitrogens is 1. The normalized spacial score (nSPS) is 17.7. The molecule has 0 amide bonds. The number of nitrogens with zero attached hydrogens (tertiary/aromatic N) is 2. The highest BCUT2D eigenvalue weighted by atomic mass is 16.3. The highest BCUT2D eigenvalue weighted by Gasteiger charge is 2.24. The van der Waals surface area contributed by atoms with Crippen molar-refractivity contribution in [3.8, 4) is 0 Å². The topological polar surface area (TPSA) is 137 Å². The molecule has 2 heterocycles. The summed E-state index contributed by atoms with van der Waals surface area (Å²) in [6.07, 6.45) is -2.08. The number of anilines is 2. The summed E-state index contributed by atoms with van der Waals surface area (Å²) in [6.45, 7) is 1.64. The molecule has 0 aliphatic carbocycles. The van der Waals surface area contributed by atoms with Crippen LogP contribution in [0.5, 0.6) is 0 Å². The quantitative estimate of drug-likeness (QED) is 0.430. The summed E-state index contributed by atoms with van der Waals surface area (Å²) in [5, 5.41) is 21.7. The van der Waals surface area contributed by atoms with E-state index in [9.17, 15) is 15.0 Å². The fraction of sp³-hybridized carbons (Fsp3) is 0.444. The molecule has 92 valence electrons. The summed E-state index contributed by atoms with van der Waals surface area (Å²) in [5.41, 5.74) is 5.23. The Morgan fingerprint density at radius 1 is 1.47 bits per heavy atom. The van der Waals surface area contributed by atoms with Crippen molar-refractivity contribution in [2.45, 2.75) is 19.1 Å². The summed E-state index contributed by atoms with van der Waals surface area (Å²) < 4.78 is 0. The molecular weight excluding hydrogens is 226 g/mol. The monoisotopic (exact) mass is 239 g/mol. The van der Waals surface area contributed by atoms with E-state index in [2.05, 4.69) is 20.3 Å². The fourth-order valence-corrected chi connectivity index (χ4v) is 1.52. The second kappa shape index (κ2) is 4.15. The minimum Gasteiger partial charge on any atom is -0.390 e. The van der Waals surface area contributed by atoms with E-state index in [1.807, 2.05) is 0 Å². The van der Waals surface area contributed by atoms with E-state index < -0.39 is 17.8 Å². The third-order valence-electron chi connectivity index (χ3n) is 2.40. The first-order valence-corrected chi connectivity index (χ1v) is 5.06. The number of nitrogens with two attached hydrogens (primary N) is 1. The highest BCUT2D eigenvalue weighted by molar-refractivity contribution is 5.97. The molecular formula is C9H13N5O3. The second-order valence-electron chi connectivity index (χ2n) is 3.79. The molecule has 0 aromatic carbocycles. The van der Waals surface area contributed by atoms with Crippen LogP contribution < -0.4 is 16.6 Å². The van der Waals surface area contributed by atoms with Crippen LogP contribution in [-0.2, 0) is 0 Å². The number of aromatic nitrogens is 2. The average molecular weight is 239 g/mol. The van der Waals surface area contributed by atoms with Gasteiger partial charge in [-0.1, -0.05) is 0 Å². The SMILES string of the molecule is C[C@@H](O)[C@H](O)C1=Nc2c(nc(N)[nH]c2=O)NC1. The van der Waals surface area contributed by atoms with Gasteiger partial charge in [0.1, 0.15) is 6.10 Å². The Bertz CT molecular complexity index is 522. The summed E-state index contributed by atoms with van der Waals surface area (Å²) in [6, 6.07) is 0. The van der Waals surface area contributed by atoms with Gasteiger partial charge in [0.25, 0.3) is 5.56 Å². The lowest BCUT2D eigenvalue weighted by Gasteiger charge is -2.21. The number of hydrogen-bond donors (Lipinski definition) is 5. The lowest BCUT2D eigenvalue weighted by Crippen LogP contribution is -2.38. The lowest BCUT2D eigenvalue weighted by molar-refractivity contribution is 0.0731. The Kier molecular flexibility index (Phi) is 2.82. The molecule has 0 spiro atoms. The van der Waals surface area contributed by atoms with Crippen molar-refractivity contribution in [3.63, 3.8) is 0 Å². The summed E-state index contributed by atoms with van der Waals surface area (Å²) in [5.74, 6) is 0.267. The van der Waals surface area contributed by atoms with Gasteiger partial charge < -0.3 is 21.3 Å². The standard InChI is InChI=1S/C9H13N5O3/c1-3(15)6(16)4-2-11-7-5(12-4)8(17)14-9(10)13-7/h3,6,15-16H,2H2,1H3,(H4,10,11,13,14,17)/t3-,6+/m1/s1. The molecule has 0 unspecified atom stereocenters. The van der Waals surface area contributed by atoms with Gasteiger partial charge >= 0.3 is 0 Å². The van der Waals surface area contributed by atoms with Crippen LogP contribution in [0.4, 0.5) is 17.5 Å². The minimum atomic E-state index is -1.12. The van der Waals surface area contributed by atoms with Crippen LogP contribution in [0.15, 0.2) is 9.79 Å². The number of nitrogens with one attached hydrogen (secondary N) is 2. The van der Waals surface area contributed by atoms with Crippen LogP contribution in [0.3, 0.4) is 0 Å². The summed E-state index contributed by atoms with van der Waals surface area (Å²) >= 11 is 0. The van der Waals surface area contributed by atoms with Crippen LogP contribution >= 0.6 is 0 Å². The van der Waals surface area contributed by atoms with E-state index in [0.717, 1.165) is 0 Å². The number of aromatic amines is 1. The predicted octanol–water partition coefficient (Wildman–Crippen LogP) is -1.41. The van der Waals surface area contributed by atoms with Crippen LogP contribution in [0, 0.1) is 0 Å². The van der Waals surface area contributed by atoms with Crippen LogP contribution in [0.1, 0.15) is 6.92 Å². The van der Waals surface area contributed by atoms with Crippen LogP contribution in [-0.4, -0.2) is 44.6 Å². The van der Waals surface area contributed by atoms with E-state index in [1.54, 1.807) is 0 Å². The van der Waals surface area contributed by atoms with Crippen LogP contribution in [0.25, 0.3) is 0 Å². The van der Waals surface area contributed by atoms with Crippen molar-refractivity contribution >= 4 is 23.2 Å². The molecule has 8 heteroatoms. The molecule has 1 aromatic rings. The van der Waals surface area contributed by atoms with Gasteiger partial charge in [0.15, 0.2) is 11.5 Å². The third-order valence-corrected chi connectivity index (χ3v) is 2.40. The van der Waals surface area contributed by atoms with Crippen molar-refractivity contribution in [2.75, 3.05) is 17.6 Å². The number of aliphatic hydroxyl groups is 2. The van der Waals surface area contributed by atoms with Crippen LogP contribution in [0.2, 0.25) is 0 Å². The van der Waals surface area contributed by atoms with Crippen molar-refractivity contribution in [1.29, 1.82) is 0 Å². The van der Waals surface area contributed by atoms with Gasteiger partial charge in [-0.25, -0.2) is 4.99 Å². The minimum absolute atomic E-state index is 0.00373. The Morgan fingerprint density at radius 2 is 2.18 bits per heavy atom. The molecule has 2 atom stereocenters. The zero-order valence-corrected chi connectivity index (χ0v) is 9.14. The Morgan fingerprint density at radius 3 is 2.82 bits per heavy atom. The van der Waals surface area contributed by atoms with Gasteiger partial charge in [-0.3, -0.25) is 9.78 Å². The number of fused-ring (bicyclic) bond motifs is 1. The maximum absolute atomic E-state index is 11.6. The first-order chi connectivity index (χ1) is 7.99. The molecule has 1 aliphatic rings. The van der Waals surface area contributed by atoms with Gasteiger partial charge in [0.05, 0.1) is 18.4 Å². The zero-order valence-electron chi connectivity index (χ0n) is 9.14. The van der Waals surface area contributed by atoms with Gasteiger partial charge in [0, 0.05) is 0 Å². The smallest absolute Gasteiger partial charge is 0.280 e. The zero-order chi connectivity index (χ0) is 12.6. The number of aliphatic hydroxyl groups excluding tert-OH is 2. The van der Waals surface area contributed by atoms with E-state index >= 15 is 0 Å². The molecule has 0 fully saturated rings. The van der Waals surface area contributed by atoms with Gasteiger partial charge in [0.2, 0.25) is 5.95 Å². The van der Waals surface area contributed by atoms with Gasteiger partial charge in [-0.2, -0.15) is 4.98 Å². The maximum atomic E-state index is 11.6. The molecule has 1 aliphatic heterocycles. The molecule has 1 aromatic heterocycles. The number of nitrogen functional groups attached to an aromatic ring is 1. The Balaban J connectivity index is 2.45. The molecule has 0 bridgehead atoms. The lowest BCUT2D eigenvalue weighted by atomic mass is 10.1. The fourth-order valence-electron chi connectivity index (χ4n) is 1.52. The van der Waals surface area contributed by atoms with E-state index in [4.69, 9.17) is 5.73 Å². The van der Waals surface area contributed by atoms with Gasteiger partial charge in [-0.05, 0) is 6.92 Å². The number of aliphatic imine (C=N–C) groups is 1. The molecule has 6 N–H and O–H groups in total. The number of rotatable bonds is 2. The average Bonchev–Trinajstić information content (AvgIpc) is 2.27. The van der Waals surface area contributed by atoms with Crippen molar-refractivity contribution in [1.82, 2.24) is 9.97 Å². The molecule has 0 saturated heterocycles. The molecule has 0 radical (unpaired) electrons. The molecule has 2 rings (SSSR count). The largest absolute Gasteiger partial charge is 0.390 e. The summed E-state index contributed by atoms with van der Waals surface area (Å²) in [4.78, 5) is 21.7. The van der Waals surface area contributed by atoms with Gasteiger partial charge in [-0.15, -0.1) is 0 Å². The third kappa shape index (κ3) is 2.12. The summed E-state index contributed by atoms with van der Waals surface area (Å²) in [7, 11) is 0. The maximum Gasteiger partial charge on any atom is 0.280 e. The molecule has 0 saturated carbocycles. The Hall–Kier alpha value is -1.93. The molecule has 8 nitrogen and oxygen atoms in total. The van der Waals surface area contributed by atoms with E-state index in [-0.39, 0.29) is 29.7 Å². The molecule has 17 heavy (non-hydrogen) atoms. The predicted molar refractivity (Wildman–Crippen MR) is 62.5 cm³/mol. The highest BCUT2D eigenvalue weighted by Crippen LogP contribution is 2.22. The first kappa shape index (κ1) is 11.6. The number of hydrogen-bond acceptors (Lipinski definition) is 7. The first-order valence-electron chi connectivity index (χ1n) is 5.06. The van der Waals surface area contributed by atoms with Crippen molar-refractivity contribution in [2.24, 2.45) is 4.99 Å². The Labute approximate surface area is 96.2 Å².